The van der Waals surface area contributed by atoms with E-state index in [1.807, 2.05) is 41.9 Å². The van der Waals surface area contributed by atoms with Gasteiger partial charge in [-0.25, -0.2) is 14.5 Å². The van der Waals surface area contributed by atoms with Gasteiger partial charge in [0.1, 0.15) is 12.2 Å². The summed E-state index contributed by atoms with van der Waals surface area (Å²) in [7, 11) is 0. The van der Waals surface area contributed by atoms with Crippen molar-refractivity contribution in [2.45, 2.75) is 38.5 Å². The van der Waals surface area contributed by atoms with Crippen molar-refractivity contribution in [1.82, 2.24) is 25.4 Å². The Morgan fingerprint density at radius 2 is 2.25 bits per heavy atom. The molecule has 0 radical (unpaired) electrons. The van der Waals surface area contributed by atoms with Crippen molar-refractivity contribution < 1.29 is 9.53 Å². The number of benzene rings is 1. The number of aromatic nitrogens is 3. The molecule has 0 saturated carbocycles. The number of nitrogens with one attached hydrogen (secondary N) is 2. The SMILES string of the molecule is CCO[C@@H](CNC(=O)N[C@H]1CCCn2ncnc21)c1ccccc1. The Kier molecular flexibility index (Phi) is 5.43. The van der Waals surface area contributed by atoms with E-state index in [9.17, 15) is 4.79 Å². The van der Waals surface area contributed by atoms with Crippen LogP contribution in [0.1, 0.15) is 43.3 Å². The van der Waals surface area contributed by atoms with Gasteiger partial charge in [0.15, 0.2) is 0 Å². The summed E-state index contributed by atoms with van der Waals surface area (Å²) in [6.07, 6.45) is 3.23. The molecule has 1 aliphatic heterocycles. The first-order valence-corrected chi connectivity index (χ1v) is 8.36. The maximum Gasteiger partial charge on any atom is 0.315 e. The molecule has 0 saturated heterocycles. The first kappa shape index (κ1) is 16.4. The molecule has 0 bridgehead atoms. The Hall–Kier alpha value is -2.41. The molecule has 0 aliphatic carbocycles. The van der Waals surface area contributed by atoms with Gasteiger partial charge in [-0.1, -0.05) is 30.3 Å². The molecule has 0 fully saturated rings. The maximum absolute atomic E-state index is 12.2. The molecule has 0 spiro atoms. The number of aryl methyl sites for hydroxylation is 1. The third-order valence-corrected chi connectivity index (χ3v) is 4.11. The van der Waals surface area contributed by atoms with Crippen LogP contribution in [0.15, 0.2) is 36.7 Å². The van der Waals surface area contributed by atoms with Crippen molar-refractivity contribution in [3.63, 3.8) is 0 Å². The third-order valence-electron chi connectivity index (χ3n) is 4.11. The van der Waals surface area contributed by atoms with E-state index in [1.165, 1.54) is 6.33 Å². The Balaban J connectivity index is 1.55. The van der Waals surface area contributed by atoms with Gasteiger partial charge >= 0.3 is 6.03 Å². The van der Waals surface area contributed by atoms with Crippen molar-refractivity contribution in [3.05, 3.63) is 48.0 Å². The number of hydrogen-bond donors (Lipinski definition) is 2. The molecule has 2 heterocycles. The summed E-state index contributed by atoms with van der Waals surface area (Å²) in [6.45, 7) is 3.82. The van der Waals surface area contributed by atoms with Gasteiger partial charge in [0.05, 0.1) is 12.1 Å². The summed E-state index contributed by atoms with van der Waals surface area (Å²) in [6, 6.07) is 9.60. The highest BCUT2D eigenvalue weighted by atomic mass is 16.5. The highest BCUT2D eigenvalue weighted by Crippen LogP contribution is 2.22. The minimum absolute atomic E-state index is 0.0940. The Morgan fingerprint density at radius 3 is 3.04 bits per heavy atom. The number of nitrogens with zero attached hydrogens (tertiary/aromatic N) is 3. The lowest BCUT2D eigenvalue weighted by Gasteiger charge is -2.24. The minimum atomic E-state index is -0.211. The molecule has 2 aromatic rings. The van der Waals surface area contributed by atoms with Gasteiger partial charge in [-0.05, 0) is 25.3 Å². The number of fused-ring (bicyclic) bond motifs is 1. The van der Waals surface area contributed by atoms with Crippen molar-refractivity contribution in [3.8, 4) is 0 Å². The van der Waals surface area contributed by atoms with Crippen LogP contribution in [-0.4, -0.2) is 33.9 Å². The number of carbonyl (C=O) groups is 1. The first-order valence-electron chi connectivity index (χ1n) is 8.36. The van der Waals surface area contributed by atoms with Gasteiger partial charge in [0.25, 0.3) is 0 Å². The quantitative estimate of drug-likeness (QED) is 0.851. The molecule has 128 valence electrons. The monoisotopic (exact) mass is 329 g/mol. The van der Waals surface area contributed by atoms with E-state index in [2.05, 4.69) is 20.7 Å². The second kappa shape index (κ2) is 7.92. The third kappa shape index (κ3) is 3.91. The fraction of sp³-hybridized carbons (Fsp3) is 0.471. The molecule has 1 aliphatic rings. The fourth-order valence-corrected chi connectivity index (χ4v) is 2.96. The molecule has 7 nitrogen and oxygen atoms in total. The van der Waals surface area contributed by atoms with E-state index in [4.69, 9.17) is 4.74 Å². The first-order chi connectivity index (χ1) is 11.8. The number of carbonyl (C=O) groups excluding carboxylic acids is 1. The molecule has 2 amide bonds. The normalized spacial score (nSPS) is 17.8. The topological polar surface area (TPSA) is 81.1 Å². The van der Waals surface area contributed by atoms with Crippen LogP contribution in [0.4, 0.5) is 4.79 Å². The summed E-state index contributed by atoms with van der Waals surface area (Å²) >= 11 is 0. The fourth-order valence-electron chi connectivity index (χ4n) is 2.96. The van der Waals surface area contributed by atoms with E-state index in [1.54, 1.807) is 0 Å². The number of urea groups is 1. The van der Waals surface area contributed by atoms with E-state index in [-0.39, 0.29) is 18.2 Å². The molecule has 3 rings (SSSR count). The van der Waals surface area contributed by atoms with Crippen molar-refractivity contribution in [2.75, 3.05) is 13.2 Å². The summed E-state index contributed by atoms with van der Waals surface area (Å²) in [5.74, 6) is 0.820. The molecule has 2 atom stereocenters. The van der Waals surface area contributed by atoms with E-state index in [0.29, 0.717) is 13.2 Å². The summed E-state index contributed by atoms with van der Waals surface area (Å²) < 4.78 is 7.59. The molecule has 2 N–H and O–H groups in total. The second-order valence-corrected chi connectivity index (χ2v) is 5.75. The smallest absolute Gasteiger partial charge is 0.315 e. The predicted molar refractivity (Wildman–Crippen MR) is 89.3 cm³/mol. The van der Waals surface area contributed by atoms with Crippen molar-refractivity contribution in [1.29, 1.82) is 0 Å². The Bertz CT molecular complexity index is 658. The van der Waals surface area contributed by atoms with E-state index < -0.39 is 0 Å². The molecular formula is C17H23N5O2. The van der Waals surface area contributed by atoms with Gasteiger partial charge < -0.3 is 15.4 Å². The molecule has 7 heteroatoms. The lowest BCUT2D eigenvalue weighted by Crippen LogP contribution is -2.41. The van der Waals surface area contributed by atoms with Gasteiger partial charge in [0.2, 0.25) is 0 Å². The Labute approximate surface area is 141 Å². The van der Waals surface area contributed by atoms with Crippen LogP contribution in [0, 0.1) is 0 Å². The number of rotatable bonds is 6. The van der Waals surface area contributed by atoms with Crippen LogP contribution in [-0.2, 0) is 11.3 Å². The van der Waals surface area contributed by atoms with Crippen molar-refractivity contribution in [2.24, 2.45) is 0 Å². The lowest BCUT2D eigenvalue weighted by atomic mass is 10.1. The molecular weight excluding hydrogens is 306 g/mol. The van der Waals surface area contributed by atoms with Gasteiger partial charge in [-0.15, -0.1) is 0 Å². The average Bonchev–Trinajstić information content (AvgIpc) is 3.09. The molecule has 1 aromatic carbocycles. The maximum atomic E-state index is 12.2. The number of hydrogen-bond acceptors (Lipinski definition) is 4. The second-order valence-electron chi connectivity index (χ2n) is 5.75. The largest absolute Gasteiger partial charge is 0.372 e. The molecule has 24 heavy (non-hydrogen) atoms. The Morgan fingerprint density at radius 1 is 1.42 bits per heavy atom. The van der Waals surface area contributed by atoms with Crippen LogP contribution >= 0.6 is 0 Å². The molecule has 0 unspecified atom stereocenters. The van der Waals surface area contributed by atoms with Crippen LogP contribution in [0.5, 0.6) is 0 Å². The minimum Gasteiger partial charge on any atom is -0.372 e. The van der Waals surface area contributed by atoms with Crippen LogP contribution in [0.3, 0.4) is 0 Å². The zero-order valence-corrected chi connectivity index (χ0v) is 13.8. The molecule has 1 aromatic heterocycles. The average molecular weight is 329 g/mol. The van der Waals surface area contributed by atoms with E-state index >= 15 is 0 Å². The van der Waals surface area contributed by atoms with Gasteiger partial charge in [-0.3, -0.25) is 0 Å². The highest BCUT2D eigenvalue weighted by Gasteiger charge is 2.24. The predicted octanol–water partition coefficient (Wildman–Crippen LogP) is 2.19. The van der Waals surface area contributed by atoms with Gasteiger partial charge in [-0.2, -0.15) is 5.10 Å². The van der Waals surface area contributed by atoms with E-state index in [0.717, 1.165) is 30.8 Å². The summed E-state index contributed by atoms with van der Waals surface area (Å²) in [5.41, 5.74) is 1.05. The zero-order chi connectivity index (χ0) is 16.8. The number of amides is 2. The number of ether oxygens (including phenoxy) is 1. The summed E-state index contributed by atoms with van der Waals surface area (Å²) in [5, 5.41) is 10.1. The standard InChI is InChI=1S/C17H23N5O2/c1-2-24-15(13-7-4-3-5-8-13)11-18-17(23)21-14-9-6-10-22-16(14)19-12-20-22/h3-5,7-8,12,14-15H,2,6,9-11H2,1H3,(H2,18,21,23)/t14-,15-/m0/s1. The highest BCUT2D eigenvalue weighted by molar-refractivity contribution is 5.74. The van der Waals surface area contributed by atoms with Crippen LogP contribution in [0.25, 0.3) is 0 Å². The van der Waals surface area contributed by atoms with Crippen LogP contribution in [0.2, 0.25) is 0 Å². The van der Waals surface area contributed by atoms with Crippen molar-refractivity contribution >= 4 is 6.03 Å². The van der Waals surface area contributed by atoms with Gasteiger partial charge in [0, 0.05) is 19.7 Å². The van der Waals surface area contributed by atoms with Crippen LogP contribution < -0.4 is 10.6 Å². The zero-order valence-electron chi connectivity index (χ0n) is 13.8. The summed E-state index contributed by atoms with van der Waals surface area (Å²) in [4.78, 5) is 16.5. The lowest BCUT2D eigenvalue weighted by molar-refractivity contribution is 0.0638.